The van der Waals surface area contributed by atoms with E-state index in [0.29, 0.717) is 22.7 Å². The second-order valence-corrected chi connectivity index (χ2v) is 4.79. The van der Waals surface area contributed by atoms with Crippen LogP contribution < -0.4 is 4.74 Å². The predicted octanol–water partition coefficient (Wildman–Crippen LogP) is 3.71. The van der Waals surface area contributed by atoms with Crippen molar-refractivity contribution in [2.45, 2.75) is 13.8 Å². The molecule has 0 unspecified atom stereocenters. The molecule has 0 spiro atoms. The van der Waals surface area contributed by atoms with Gasteiger partial charge in [0.1, 0.15) is 23.1 Å². The topological polar surface area (TPSA) is 83.2 Å². The first-order valence-corrected chi connectivity index (χ1v) is 6.39. The van der Waals surface area contributed by atoms with E-state index in [9.17, 15) is 10.1 Å². The quantitative estimate of drug-likeness (QED) is 0.934. The molecule has 0 bridgehead atoms. The van der Waals surface area contributed by atoms with Crippen molar-refractivity contribution in [1.82, 2.24) is 4.98 Å². The van der Waals surface area contributed by atoms with Gasteiger partial charge in [-0.25, -0.2) is 4.79 Å². The van der Waals surface area contributed by atoms with Gasteiger partial charge in [-0.15, -0.1) is 0 Å². The van der Waals surface area contributed by atoms with Crippen LogP contribution in [0.4, 0.5) is 0 Å². The summed E-state index contributed by atoms with van der Waals surface area (Å²) in [7, 11) is 0. The average molecular weight is 303 g/mol. The SMILES string of the molecule is Cc1cc(Oc2ccc(C(=O)O)cc2Cl)c(C#N)c(C)n1. The Morgan fingerprint density at radius 1 is 1.33 bits per heavy atom. The highest BCUT2D eigenvalue weighted by atomic mass is 35.5. The Hall–Kier alpha value is -2.58. The summed E-state index contributed by atoms with van der Waals surface area (Å²) in [5, 5.41) is 18.2. The number of ether oxygens (including phenoxy) is 1. The van der Waals surface area contributed by atoms with Gasteiger partial charge in [-0.3, -0.25) is 4.98 Å². The zero-order valence-corrected chi connectivity index (χ0v) is 12.1. The van der Waals surface area contributed by atoms with Crippen LogP contribution in [0.15, 0.2) is 24.3 Å². The van der Waals surface area contributed by atoms with Gasteiger partial charge in [-0.05, 0) is 32.0 Å². The number of hydrogen-bond donors (Lipinski definition) is 1. The number of nitrogens with zero attached hydrogens (tertiary/aromatic N) is 2. The molecule has 106 valence electrons. The van der Waals surface area contributed by atoms with E-state index >= 15 is 0 Å². The molecule has 0 saturated heterocycles. The minimum Gasteiger partial charge on any atom is -0.478 e. The lowest BCUT2D eigenvalue weighted by Gasteiger charge is -2.11. The van der Waals surface area contributed by atoms with E-state index in [2.05, 4.69) is 4.98 Å². The summed E-state index contributed by atoms with van der Waals surface area (Å²) in [5.41, 5.74) is 1.65. The van der Waals surface area contributed by atoms with Gasteiger partial charge in [-0.2, -0.15) is 5.26 Å². The van der Waals surface area contributed by atoms with Crippen LogP contribution in [0.3, 0.4) is 0 Å². The van der Waals surface area contributed by atoms with Crippen molar-refractivity contribution >= 4 is 17.6 Å². The van der Waals surface area contributed by atoms with Crippen LogP contribution in [0.1, 0.15) is 27.3 Å². The van der Waals surface area contributed by atoms with Gasteiger partial charge in [0.2, 0.25) is 0 Å². The summed E-state index contributed by atoms with van der Waals surface area (Å²) in [4.78, 5) is 15.1. The summed E-state index contributed by atoms with van der Waals surface area (Å²) in [5.74, 6) is -0.451. The average Bonchev–Trinajstić information content (AvgIpc) is 2.40. The Kier molecular flexibility index (Phi) is 4.10. The van der Waals surface area contributed by atoms with Gasteiger partial charge in [0.05, 0.1) is 16.3 Å². The smallest absolute Gasteiger partial charge is 0.335 e. The van der Waals surface area contributed by atoms with Gasteiger partial charge in [-0.1, -0.05) is 11.6 Å². The van der Waals surface area contributed by atoms with Crippen molar-refractivity contribution in [1.29, 1.82) is 5.26 Å². The fourth-order valence-electron chi connectivity index (χ4n) is 1.84. The van der Waals surface area contributed by atoms with Crippen molar-refractivity contribution < 1.29 is 14.6 Å². The van der Waals surface area contributed by atoms with E-state index in [1.165, 1.54) is 18.2 Å². The van der Waals surface area contributed by atoms with Crippen molar-refractivity contribution in [3.63, 3.8) is 0 Å². The lowest BCUT2D eigenvalue weighted by molar-refractivity contribution is 0.0697. The van der Waals surface area contributed by atoms with Crippen molar-refractivity contribution in [2.24, 2.45) is 0 Å². The number of aromatic nitrogens is 1. The predicted molar refractivity (Wildman–Crippen MR) is 76.9 cm³/mol. The number of hydrogen-bond acceptors (Lipinski definition) is 4. The van der Waals surface area contributed by atoms with Crippen molar-refractivity contribution in [2.75, 3.05) is 0 Å². The summed E-state index contributed by atoms with van der Waals surface area (Å²) in [6.07, 6.45) is 0. The standard InChI is InChI=1S/C15H11ClN2O3/c1-8-5-14(11(7-17)9(2)18-8)21-13-4-3-10(15(19)20)6-12(13)16/h3-6H,1-2H3,(H,19,20). The molecule has 2 rings (SSSR count). The highest BCUT2D eigenvalue weighted by molar-refractivity contribution is 6.32. The maximum atomic E-state index is 10.9. The molecule has 0 atom stereocenters. The highest BCUT2D eigenvalue weighted by Gasteiger charge is 2.13. The number of aryl methyl sites for hydroxylation is 2. The number of carbonyl (C=O) groups is 1. The molecular weight excluding hydrogens is 292 g/mol. The molecule has 0 amide bonds. The molecule has 0 fully saturated rings. The van der Waals surface area contributed by atoms with Crippen LogP contribution in [0.5, 0.6) is 11.5 Å². The molecule has 21 heavy (non-hydrogen) atoms. The van der Waals surface area contributed by atoms with E-state index in [1.54, 1.807) is 19.9 Å². The van der Waals surface area contributed by atoms with Crippen LogP contribution in [-0.4, -0.2) is 16.1 Å². The van der Waals surface area contributed by atoms with E-state index in [4.69, 9.17) is 21.4 Å². The minimum absolute atomic E-state index is 0.0648. The Balaban J connectivity index is 2.44. The first-order valence-electron chi connectivity index (χ1n) is 6.01. The third-order valence-corrected chi connectivity index (χ3v) is 3.10. The van der Waals surface area contributed by atoms with Crippen LogP contribution in [0.25, 0.3) is 0 Å². The van der Waals surface area contributed by atoms with Gasteiger partial charge in [0.25, 0.3) is 0 Å². The van der Waals surface area contributed by atoms with Crippen LogP contribution in [0, 0.1) is 25.2 Å². The summed E-state index contributed by atoms with van der Waals surface area (Å²) >= 11 is 6.01. The third-order valence-electron chi connectivity index (χ3n) is 2.80. The Bertz CT molecular complexity index is 766. The Morgan fingerprint density at radius 3 is 2.62 bits per heavy atom. The second kappa shape index (κ2) is 5.81. The van der Waals surface area contributed by atoms with Crippen molar-refractivity contribution in [3.8, 4) is 17.6 Å². The number of carboxylic acid groups (broad SMARTS) is 1. The number of aromatic carboxylic acids is 1. The third kappa shape index (κ3) is 3.12. The van der Waals surface area contributed by atoms with Gasteiger partial charge in [0.15, 0.2) is 0 Å². The lowest BCUT2D eigenvalue weighted by atomic mass is 10.1. The molecule has 0 saturated carbocycles. The molecular formula is C15H11ClN2O3. The van der Waals surface area contributed by atoms with E-state index < -0.39 is 5.97 Å². The molecule has 0 aliphatic carbocycles. The molecule has 1 aromatic carbocycles. The Labute approximate surface area is 126 Å². The molecule has 0 aliphatic rings. The highest BCUT2D eigenvalue weighted by Crippen LogP contribution is 2.32. The molecule has 6 heteroatoms. The number of rotatable bonds is 3. The maximum Gasteiger partial charge on any atom is 0.335 e. The maximum absolute atomic E-state index is 10.9. The normalized spacial score (nSPS) is 10.0. The zero-order valence-electron chi connectivity index (χ0n) is 11.3. The monoisotopic (exact) mass is 302 g/mol. The van der Waals surface area contributed by atoms with E-state index in [0.717, 1.165) is 0 Å². The van der Waals surface area contributed by atoms with E-state index in [-0.39, 0.29) is 16.3 Å². The first-order chi connectivity index (χ1) is 9.92. The fraction of sp³-hybridized carbons (Fsp3) is 0.133. The number of carboxylic acids is 1. The largest absolute Gasteiger partial charge is 0.478 e. The van der Waals surface area contributed by atoms with E-state index in [1.807, 2.05) is 6.07 Å². The van der Waals surface area contributed by atoms with Crippen LogP contribution >= 0.6 is 11.6 Å². The van der Waals surface area contributed by atoms with Crippen LogP contribution in [0.2, 0.25) is 5.02 Å². The van der Waals surface area contributed by atoms with Crippen LogP contribution in [-0.2, 0) is 0 Å². The fourth-order valence-corrected chi connectivity index (χ4v) is 2.06. The molecule has 1 heterocycles. The van der Waals surface area contributed by atoms with Gasteiger partial charge in [0, 0.05) is 11.8 Å². The first kappa shape index (κ1) is 14.8. The summed E-state index contributed by atoms with van der Waals surface area (Å²) < 4.78 is 5.64. The van der Waals surface area contributed by atoms with Crippen molar-refractivity contribution in [3.05, 3.63) is 51.8 Å². The molecule has 5 nitrogen and oxygen atoms in total. The molecule has 1 aromatic heterocycles. The molecule has 1 N–H and O–H groups in total. The van der Waals surface area contributed by atoms with Gasteiger partial charge < -0.3 is 9.84 Å². The second-order valence-electron chi connectivity index (χ2n) is 4.39. The Morgan fingerprint density at radius 2 is 2.05 bits per heavy atom. The molecule has 0 aliphatic heterocycles. The number of halogens is 1. The summed E-state index contributed by atoms with van der Waals surface area (Å²) in [6.45, 7) is 3.50. The molecule has 0 radical (unpaired) electrons. The van der Waals surface area contributed by atoms with Gasteiger partial charge >= 0.3 is 5.97 Å². The number of nitriles is 1. The number of pyridine rings is 1. The zero-order chi connectivity index (χ0) is 15.6. The lowest BCUT2D eigenvalue weighted by Crippen LogP contribution is -1.98. The number of benzene rings is 1. The molecule has 2 aromatic rings. The summed E-state index contributed by atoms with van der Waals surface area (Å²) in [6, 6.07) is 7.81. The minimum atomic E-state index is -1.07.